The summed E-state index contributed by atoms with van der Waals surface area (Å²) < 4.78 is 5.14. The SMILES string of the molecule is COc1ccc(CCC(=Nc2ccccc2)NN)cc1. The van der Waals surface area contributed by atoms with Gasteiger partial charge < -0.3 is 10.2 Å². The topological polar surface area (TPSA) is 59.6 Å². The summed E-state index contributed by atoms with van der Waals surface area (Å²) in [6.07, 6.45) is 1.64. The van der Waals surface area contributed by atoms with Gasteiger partial charge in [-0.15, -0.1) is 0 Å². The molecule has 2 aromatic carbocycles. The second-order valence-corrected chi connectivity index (χ2v) is 4.39. The van der Waals surface area contributed by atoms with Gasteiger partial charge in [-0.25, -0.2) is 10.8 Å². The zero-order chi connectivity index (χ0) is 14.2. The van der Waals surface area contributed by atoms with Crippen LogP contribution in [0.2, 0.25) is 0 Å². The maximum absolute atomic E-state index is 5.53. The Bertz CT molecular complexity index is 550. The van der Waals surface area contributed by atoms with Crippen LogP contribution in [0.1, 0.15) is 12.0 Å². The van der Waals surface area contributed by atoms with Crippen molar-refractivity contribution in [1.82, 2.24) is 5.43 Å². The lowest BCUT2D eigenvalue weighted by atomic mass is 10.1. The fourth-order valence-electron chi connectivity index (χ4n) is 1.87. The first-order valence-electron chi connectivity index (χ1n) is 6.54. The highest BCUT2D eigenvalue weighted by atomic mass is 16.5. The second kappa shape index (κ2) is 7.31. The van der Waals surface area contributed by atoms with Crippen LogP contribution in [0.15, 0.2) is 59.6 Å². The van der Waals surface area contributed by atoms with E-state index in [0.717, 1.165) is 30.1 Å². The van der Waals surface area contributed by atoms with Crippen molar-refractivity contribution in [2.24, 2.45) is 10.8 Å². The lowest BCUT2D eigenvalue weighted by Crippen LogP contribution is -2.30. The number of nitrogens with zero attached hydrogens (tertiary/aromatic N) is 1. The molecule has 104 valence electrons. The largest absolute Gasteiger partial charge is 0.497 e. The molecule has 0 saturated heterocycles. The molecule has 0 aromatic heterocycles. The molecule has 0 bridgehead atoms. The molecule has 0 fully saturated rings. The third kappa shape index (κ3) is 4.10. The second-order valence-electron chi connectivity index (χ2n) is 4.39. The van der Waals surface area contributed by atoms with Crippen LogP contribution in [0.4, 0.5) is 5.69 Å². The number of ether oxygens (including phenoxy) is 1. The first-order valence-corrected chi connectivity index (χ1v) is 6.54. The Morgan fingerprint density at radius 2 is 1.80 bits per heavy atom. The van der Waals surface area contributed by atoms with Crippen molar-refractivity contribution in [2.45, 2.75) is 12.8 Å². The summed E-state index contributed by atoms with van der Waals surface area (Å²) in [5.41, 5.74) is 4.79. The molecular formula is C16H19N3O. The van der Waals surface area contributed by atoms with E-state index in [1.807, 2.05) is 42.5 Å². The van der Waals surface area contributed by atoms with E-state index in [9.17, 15) is 0 Å². The predicted molar refractivity (Wildman–Crippen MR) is 82.2 cm³/mol. The molecule has 4 nitrogen and oxygen atoms in total. The number of rotatable bonds is 5. The van der Waals surface area contributed by atoms with Crippen LogP contribution in [0.3, 0.4) is 0 Å². The molecule has 0 saturated carbocycles. The number of amidine groups is 1. The van der Waals surface area contributed by atoms with Gasteiger partial charge in [0.25, 0.3) is 0 Å². The summed E-state index contributed by atoms with van der Waals surface area (Å²) >= 11 is 0. The van der Waals surface area contributed by atoms with Gasteiger partial charge in [-0.3, -0.25) is 0 Å². The number of para-hydroxylation sites is 1. The summed E-state index contributed by atoms with van der Waals surface area (Å²) in [6, 6.07) is 17.8. The van der Waals surface area contributed by atoms with Gasteiger partial charge in [0.05, 0.1) is 12.8 Å². The Balaban J connectivity index is 1.98. The smallest absolute Gasteiger partial charge is 0.118 e. The van der Waals surface area contributed by atoms with Gasteiger partial charge in [-0.2, -0.15) is 0 Å². The highest BCUT2D eigenvalue weighted by molar-refractivity contribution is 5.84. The van der Waals surface area contributed by atoms with Crippen molar-refractivity contribution in [3.05, 3.63) is 60.2 Å². The zero-order valence-corrected chi connectivity index (χ0v) is 11.5. The third-order valence-corrected chi connectivity index (χ3v) is 3.00. The molecule has 0 aliphatic heterocycles. The van der Waals surface area contributed by atoms with E-state index in [-0.39, 0.29) is 0 Å². The highest BCUT2D eigenvalue weighted by Crippen LogP contribution is 2.14. The van der Waals surface area contributed by atoms with E-state index in [2.05, 4.69) is 22.6 Å². The summed E-state index contributed by atoms with van der Waals surface area (Å²) in [5, 5.41) is 0. The molecule has 20 heavy (non-hydrogen) atoms. The molecule has 0 atom stereocenters. The van der Waals surface area contributed by atoms with Crippen LogP contribution in [-0.4, -0.2) is 12.9 Å². The molecule has 2 aromatic rings. The minimum absolute atomic E-state index is 0.762. The van der Waals surface area contributed by atoms with Gasteiger partial charge in [-0.05, 0) is 36.2 Å². The molecule has 4 heteroatoms. The highest BCUT2D eigenvalue weighted by Gasteiger charge is 2.00. The molecule has 0 aliphatic carbocycles. The number of hydrogen-bond acceptors (Lipinski definition) is 3. The van der Waals surface area contributed by atoms with Crippen LogP contribution in [-0.2, 0) is 6.42 Å². The first kappa shape index (κ1) is 14.1. The van der Waals surface area contributed by atoms with Gasteiger partial charge in [0.2, 0.25) is 0 Å². The standard InChI is InChI=1S/C16H19N3O/c1-20-15-10-7-13(8-11-15)9-12-16(19-17)18-14-5-3-2-4-6-14/h2-8,10-11H,9,12,17H2,1H3,(H,18,19). The molecular weight excluding hydrogens is 250 g/mol. The van der Waals surface area contributed by atoms with Gasteiger partial charge >= 0.3 is 0 Å². The van der Waals surface area contributed by atoms with Crippen molar-refractivity contribution in [2.75, 3.05) is 7.11 Å². The van der Waals surface area contributed by atoms with E-state index >= 15 is 0 Å². The number of benzene rings is 2. The number of hydrazine groups is 1. The molecule has 0 spiro atoms. The molecule has 0 unspecified atom stereocenters. The third-order valence-electron chi connectivity index (χ3n) is 3.00. The van der Waals surface area contributed by atoms with E-state index in [0.29, 0.717) is 0 Å². The number of aliphatic imine (C=N–C) groups is 1. The minimum atomic E-state index is 0.762. The summed E-state index contributed by atoms with van der Waals surface area (Å²) in [7, 11) is 1.66. The number of nitrogens with one attached hydrogen (secondary N) is 1. The van der Waals surface area contributed by atoms with E-state index in [1.54, 1.807) is 7.11 Å². The zero-order valence-electron chi connectivity index (χ0n) is 11.5. The van der Waals surface area contributed by atoms with Crippen molar-refractivity contribution in [1.29, 1.82) is 0 Å². The molecule has 0 amide bonds. The molecule has 0 aliphatic rings. The molecule has 0 radical (unpaired) electrons. The summed E-state index contributed by atoms with van der Waals surface area (Å²) in [6.45, 7) is 0. The monoisotopic (exact) mass is 269 g/mol. The van der Waals surface area contributed by atoms with Gasteiger partial charge in [0.15, 0.2) is 0 Å². The van der Waals surface area contributed by atoms with E-state index in [1.165, 1.54) is 5.56 Å². The van der Waals surface area contributed by atoms with Crippen molar-refractivity contribution < 1.29 is 4.74 Å². The average molecular weight is 269 g/mol. The van der Waals surface area contributed by atoms with Crippen LogP contribution < -0.4 is 16.0 Å². The van der Waals surface area contributed by atoms with Crippen LogP contribution in [0.5, 0.6) is 5.75 Å². The normalized spacial score (nSPS) is 11.2. The van der Waals surface area contributed by atoms with Gasteiger partial charge in [-0.1, -0.05) is 30.3 Å². The fourth-order valence-corrected chi connectivity index (χ4v) is 1.87. The number of aryl methyl sites for hydroxylation is 1. The Morgan fingerprint density at radius 3 is 2.40 bits per heavy atom. The first-order chi connectivity index (χ1) is 9.81. The summed E-state index contributed by atoms with van der Waals surface area (Å²) in [4.78, 5) is 4.48. The lowest BCUT2D eigenvalue weighted by molar-refractivity contribution is 0.414. The maximum Gasteiger partial charge on any atom is 0.118 e. The van der Waals surface area contributed by atoms with Crippen LogP contribution in [0.25, 0.3) is 0 Å². The number of methoxy groups -OCH3 is 1. The maximum atomic E-state index is 5.53. The predicted octanol–water partition coefficient (Wildman–Crippen LogP) is 2.82. The Labute approximate surface area is 119 Å². The van der Waals surface area contributed by atoms with E-state index in [4.69, 9.17) is 10.6 Å². The van der Waals surface area contributed by atoms with Gasteiger partial charge in [0.1, 0.15) is 11.6 Å². The fraction of sp³-hybridized carbons (Fsp3) is 0.188. The Hall–Kier alpha value is -2.33. The average Bonchev–Trinajstić information content (AvgIpc) is 2.53. The van der Waals surface area contributed by atoms with Crippen molar-refractivity contribution in [3.63, 3.8) is 0 Å². The number of nitrogens with two attached hydrogens (primary N) is 1. The molecule has 2 rings (SSSR count). The van der Waals surface area contributed by atoms with Crippen molar-refractivity contribution in [3.8, 4) is 5.75 Å². The van der Waals surface area contributed by atoms with Crippen molar-refractivity contribution >= 4 is 11.5 Å². The minimum Gasteiger partial charge on any atom is -0.497 e. The summed E-state index contributed by atoms with van der Waals surface area (Å²) in [5.74, 6) is 7.16. The Kier molecular flexibility index (Phi) is 5.15. The van der Waals surface area contributed by atoms with E-state index < -0.39 is 0 Å². The lowest BCUT2D eigenvalue weighted by Gasteiger charge is -2.07. The van der Waals surface area contributed by atoms with Gasteiger partial charge in [0, 0.05) is 6.42 Å². The Morgan fingerprint density at radius 1 is 1.10 bits per heavy atom. The van der Waals surface area contributed by atoms with Crippen LogP contribution in [0, 0.1) is 0 Å². The molecule has 0 heterocycles. The van der Waals surface area contributed by atoms with Crippen LogP contribution >= 0.6 is 0 Å². The number of hydrogen-bond donors (Lipinski definition) is 2. The quantitative estimate of drug-likeness (QED) is 0.380. The molecule has 3 N–H and O–H groups in total.